The molecule has 1 aromatic rings. The van der Waals surface area contributed by atoms with Crippen LogP contribution >= 0.6 is 0 Å². The summed E-state index contributed by atoms with van der Waals surface area (Å²) in [5.41, 5.74) is 4.97. The summed E-state index contributed by atoms with van der Waals surface area (Å²) in [5.74, 6) is -3.29. The number of benzene rings is 1. The lowest BCUT2D eigenvalue weighted by atomic mass is 9.86. The largest absolute Gasteiger partial charge is 0.480 e. The molecule has 0 saturated heterocycles. The van der Waals surface area contributed by atoms with Crippen LogP contribution in [0, 0.1) is 11.8 Å². The predicted octanol–water partition coefficient (Wildman–Crippen LogP) is 4.43. The predicted molar refractivity (Wildman–Crippen MR) is 135 cm³/mol. The molecular formula is C27H41NO8. The van der Waals surface area contributed by atoms with E-state index in [0.29, 0.717) is 24.8 Å². The van der Waals surface area contributed by atoms with Gasteiger partial charge in [0.15, 0.2) is 11.5 Å². The zero-order valence-electron chi connectivity index (χ0n) is 22.3. The van der Waals surface area contributed by atoms with Crippen molar-refractivity contribution in [1.29, 1.82) is 0 Å². The maximum absolute atomic E-state index is 12.5. The van der Waals surface area contributed by atoms with Crippen molar-refractivity contribution in [2.45, 2.75) is 98.1 Å². The summed E-state index contributed by atoms with van der Waals surface area (Å²) in [6.07, 6.45) is 1.95. The zero-order valence-corrected chi connectivity index (χ0v) is 22.3. The normalized spacial score (nSPS) is 15.2. The molecule has 1 aromatic carbocycles. The minimum absolute atomic E-state index is 0.0150. The Morgan fingerprint density at radius 3 is 2.00 bits per heavy atom. The van der Waals surface area contributed by atoms with Gasteiger partial charge < -0.3 is 25.1 Å². The van der Waals surface area contributed by atoms with E-state index in [1.54, 1.807) is 26.8 Å². The fraction of sp³-hybridized carbons (Fsp3) is 0.630. The van der Waals surface area contributed by atoms with Crippen molar-refractivity contribution in [3.05, 3.63) is 23.8 Å². The van der Waals surface area contributed by atoms with Crippen LogP contribution in [0.25, 0.3) is 0 Å². The summed E-state index contributed by atoms with van der Waals surface area (Å²) in [6, 6.07) is 4.50. The molecule has 9 nitrogen and oxygen atoms in total. The quantitative estimate of drug-likeness (QED) is 0.260. The molecule has 3 N–H and O–H groups in total. The van der Waals surface area contributed by atoms with Crippen LogP contribution in [-0.4, -0.2) is 40.6 Å². The molecule has 36 heavy (non-hydrogen) atoms. The molecule has 3 unspecified atom stereocenters. The number of nitrogens with two attached hydrogens (primary N) is 1. The van der Waals surface area contributed by atoms with Gasteiger partial charge in [-0.25, -0.2) is 0 Å². The van der Waals surface area contributed by atoms with E-state index in [1.165, 1.54) is 12.1 Å². The van der Waals surface area contributed by atoms with E-state index in [4.69, 9.17) is 19.9 Å². The van der Waals surface area contributed by atoms with Gasteiger partial charge in [-0.2, -0.15) is 0 Å². The summed E-state index contributed by atoms with van der Waals surface area (Å²) < 4.78 is 16.3. The van der Waals surface area contributed by atoms with Gasteiger partial charge >= 0.3 is 23.9 Å². The number of ether oxygens (including phenoxy) is 3. The maximum atomic E-state index is 12.5. The molecule has 0 radical (unpaired) electrons. The summed E-state index contributed by atoms with van der Waals surface area (Å²) in [6.45, 7) is 10.7. The number of hydrogen-bond donors (Lipinski definition) is 2. The Balaban J connectivity index is 3.20. The lowest BCUT2D eigenvalue weighted by Crippen LogP contribution is -2.52. The van der Waals surface area contributed by atoms with Gasteiger partial charge in [-0.1, -0.05) is 47.1 Å². The maximum Gasteiger partial charge on any atom is 0.324 e. The molecule has 0 aliphatic carbocycles. The fourth-order valence-corrected chi connectivity index (χ4v) is 3.34. The smallest absolute Gasteiger partial charge is 0.324 e. The van der Waals surface area contributed by atoms with Crippen molar-refractivity contribution < 1.29 is 38.5 Å². The summed E-state index contributed by atoms with van der Waals surface area (Å²) in [5, 5.41) is 9.88. The molecule has 0 saturated carbocycles. The molecule has 0 spiro atoms. The second kappa shape index (κ2) is 14.6. The first kappa shape index (κ1) is 31.1. The second-order valence-electron chi connectivity index (χ2n) is 9.49. The van der Waals surface area contributed by atoms with Crippen molar-refractivity contribution in [2.75, 3.05) is 0 Å². The summed E-state index contributed by atoms with van der Waals surface area (Å²) in [7, 11) is 0. The number of aliphatic carboxylic acids is 1. The molecule has 1 rings (SSSR count). The Morgan fingerprint density at radius 2 is 1.50 bits per heavy atom. The molecular weight excluding hydrogens is 466 g/mol. The molecule has 0 aliphatic rings. The van der Waals surface area contributed by atoms with Crippen LogP contribution in [0.3, 0.4) is 0 Å². The van der Waals surface area contributed by atoms with E-state index in [0.717, 1.165) is 6.42 Å². The Labute approximate surface area is 213 Å². The topological polar surface area (TPSA) is 142 Å². The number of esters is 3. The number of carboxylic acids is 1. The van der Waals surface area contributed by atoms with Crippen LogP contribution in [0.2, 0.25) is 0 Å². The average molecular weight is 508 g/mol. The van der Waals surface area contributed by atoms with Crippen LogP contribution in [0.5, 0.6) is 11.5 Å². The summed E-state index contributed by atoms with van der Waals surface area (Å²) >= 11 is 0. The first-order valence-electron chi connectivity index (χ1n) is 12.6. The van der Waals surface area contributed by atoms with Crippen molar-refractivity contribution >= 4 is 23.9 Å². The first-order valence-corrected chi connectivity index (χ1v) is 12.6. The molecule has 0 aliphatic heterocycles. The highest BCUT2D eigenvalue weighted by molar-refractivity contribution is 5.80. The standard InChI is InChI=1S/C27H41NO8/c1-7-10-11-23(29)34-19(6)15-27(28,26(32)33)16-20-12-13-21(35-24(30)17(4)8-2)22(14-20)36-25(31)18(5)9-3/h12-14,17-19H,7-11,15-16,28H2,1-6H3,(H,32,33)/t17?,18?,19-,27?/m0/s1. The van der Waals surface area contributed by atoms with Gasteiger partial charge in [0, 0.05) is 19.3 Å². The Bertz CT molecular complexity index is 915. The van der Waals surface area contributed by atoms with Gasteiger partial charge in [0.1, 0.15) is 11.6 Å². The third-order valence-corrected chi connectivity index (χ3v) is 6.12. The number of hydrogen-bond acceptors (Lipinski definition) is 8. The highest BCUT2D eigenvalue weighted by atomic mass is 16.6. The lowest BCUT2D eigenvalue weighted by Gasteiger charge is -2.28. The number of carboxylic acid groups (broad SMARTS) is 1. The summed E-state index contributed by atoms with van der Waals surface area (Å²) in [4.78, 5) is 48.9. The van der Waals surface area contributed by atoms with Crippen LogP contribution < -0.4 is 15.2 Å². The molecule has 0 fully saturated rings. The van der Waals surface area contributed by atoms with Crippen molar-refractivity contribution in [2.24, 2.45) is 17.6 Å². The fourth-order valence-electron chi connectivity index (χ4n) is 3.34. The molecule has 9 heteroatoms. The van der Waals surface area contributed by atoms with Gasteiger partial charge in [-0.15, -0.1) is 0 Å². The second-order valence-corrected chi connectivity index (χ2v) is 9.49. The zero-order chi connectivity index (χ0) is 27.5. The molecule has 0 heterocycles. The van der Waals surface area contributed by atoms with Crippen LogP contribution in [0.1, 0.15) is 85.6 Å². The van der Waals surface area contributed by atoms with Crippen molar-refractivity contribution in [1.82, 2.24) is 0 Å². The highest BCUT2D eigenvalue weighted by Crippen LogP contribution is 2.32. The average Bonchev–Trinajstić information content (AvgIpc) is 2.82. The Kier molecular flexibility index (Phi) is 12.6. The van der Waals surface area contributed by atoms with Gasteiger partial charge in [0.25, 0.3) is 0 Å². The van der Waals surface area contributed by atoms with Gasteiger partial charge in [-0.05, 0) is 43.9 Å². The number of carbonyl (C=O) groups is 4. The molecule has 0 bridgehead atoms. The third kappa shape index (κ3) is 9.60. The number of unbranched alkanes of at least 4 members (excludes halogenated alkanes) is 1. The van der Waals surface area contributed by atoms with Crippen LogP contribution in [0.4, 0.5) is 0 Å². The van der Waals surface area contributed by atoms with E-state index in [9.17, 15) is 24.3 Å². The van der Waals surface area contributed by atoms with Crippen LogP contribution in [0.15, 0.2) is 18.2 Å². The third-order valence-electron chi connectivity index (χ3n) is 6.12. The lowest BCUT2D eigenvalue weighted by molar-refractivity contribution is -0.153. The SMILES string of the molecule is CCCCC(=O)O[C@@H](C)CC(N)(Cc1ccc(OC(=O)C(C)CC)c(OC(=O)C(C)CC)c1)C(=O)O. The van der Waals surface area contributed by atoms with Crippen LogP contribution in [-0.2, 0) is 30.3 Å². The van der Waals surface area contributed by atoms with Gasteiger partial charge in [0.2, 0.25) is 0 Å². The minimum Gasteiger partial charge on any atom is -0.480 e. The molecule has 0 amide bonds. The van der Waals surface area contributed by atoms with E-state index in [2.05, 4.69) is 0 Å². The molecule has 0 aromatic heterocycles. The number of carbonyl (C=O) groups excluding carboxylic acids is 3. The van der Waals surface area contributed by atoms with E-state index < -0.39 is 35.5 Å². The van der Waals surface area contributed by atoms with E-state index >= 15 is 0 Å². The Hall–Kier alpha value is -2.94. The monoisotopic (exact) mass is 507 g/mol. The van der Waals surface area contributed by atoms with E-state index in [-0.39, 0.29) is 42.6 Å². The van der Waals surface area contributed by atoms with E-state index in [1.807, 2.05) is 20.8 Å². The first-order chi connectivity index (χ1) is 16.9. The minimum atomic E-state index is -1.75. The Morgan fingerprint density at radius 1 is 0.944 bits per heavy atom. The van der Waals surface area contributed by atoms with Gasteiger partial charge in [0.05, 0.1) is 11.8 Å². The highest BCUT2D eigenvalue weighted by Gasteiger charge is 2.37. The number of rotatable bonds is 15. The molecule has 4 atom stereocenters. The van der Waals surface area contributed by atoms with Gasteiger partial charge in [-0.3, -0.25) is 19.2 Å². The van der Waals surface area contributed by atoms with Crippen molar-refractivity contribution in [3.8, 4) is 11.5 Å². The molecule has 202 valence electrons. The van der Waals surface area contributed by atoms with Crippen molar-refractivity contribution in [3.63, 3.8) is 0 Å².